The van der Waals surface area contributed by atoms with Crippen molar-refractivity contribution >= 4 is 15.9 Å². The van der Waals surface area contributed by atoms with Gasteiger partial charge < -0.3 is 10.1 Å². The summed E-state index contributed by atoms with van der Waals surface area (Å²) >= 11 is 0. The molecule has 0 aliphatic heterocycles. The molecule has 1 amide bonds. The first-order valence-electron chi connectivity index (χ1n) is 8.82. The molecule has 1 aromatic heterocycles. The fourth-order valence-corrected chi connectivity index (χ4v) is 4.26. The maximum atomic E-state index is 12.6. The summed E-state index contributed by atoms with van der Waals surface area (Å²) in [6.07, 6.45) is 4.61. The molecule has 27 heavy (non-hydrogen) atoms. The number of hydrogen-bond acceptors (Lipinski definition) is 5. The quantitative estimate of drug-likeness (QED) is 0.688. The minimum Gasteiger partial charge on any atom is -0.383 e. The molecule has 1 heterocycles. The van der Waals surface area contributed by atoms with E-state index in [1.54, 1.807) is 6.20 Å². The summed E-state index contributed by atoms with van der Waals surface area (Å²) < 4.78 is 33.5. The standard InChI is InChI=1S/C18H24N4O4S/c1-22-17-5-3-4-16(15(17)12-19-22)21-18(23)13-6-8-14(9-7-13)27(24,25)20-10-11-26-2/h6-9,12,16,20H,3-5,10-11H2,1-2H3,(H,21,23)/t16-/m1/s1. The molecule has 0 radical (unpaired) electrons. The highest BCUT2D eigenvalue weighted by Crippen LogP contribution is 2.29. The predicted octanol–water partition coefficient (Wildman–Crippen LogP) is 1.15. The summed E-state index contributed by atoms with van der Waals surface area (Å²) in [7, 11) is -0.204. The van der Waals surface area contributed by atoms with Crippen LogP contribution >= 0.6 is 0 Å². The van der Waals surface area contributed by atoms with Crippen molar-refractivity contribution in [2.45, 2.75) is 30.2 Å². The Morgan fingerprint density at radius 2 is 2.07 bits per heavy atom. The molecular weight excluding hydrogens is 368 g/mol. The lowest BCUT2D eigenvalue weighted by molar-refractivity contribution is 0.0932. The predicted molar refractivity (Wildman–Crippen MR) is 99.9 cm³/mol. The van der Waals surface area contributed by atoms with Crippen molar-refractivity contribution in [1.29, 1.82) is 0 Å². The SMILES string of the molecule is COCCNS(=O)(=O)c1ccc(C(=O)N[C@@H]2CCCc3c2cnn3C)cc1. The van der Waals surface area contributed by atoms with Gasteiger partial charge in [-0.05, 0) is 43.5 Å². The molecule has 0 saturated heterocycles. The number of carbonyl (C=O) groups excluding carboxylic acids is 1. The van der Waals surface area contributed by atoms with Crippen molar-refractivity contribution in [2.75, 3.05) is 20.3 Å². The fourth-order valence-electron chi connectivity index (χ4n) is 3.24. The molecule has 0 spiro atoms. The number of rotatable bonds is 7. The van der Waals surface area contributed by atoms with Crippen molar-refractivity contribution in [3.63, 3.8) is 0 Å². The first-order valence-corrected chi connectivity index (χ1v) is 10.3. The molecule has 0 unspecified atom stereocenters. The number of aryl methyl sites for hydroxylation is 1. The maximum absolute atomic E-state index is 12.6. The van der Waals surface area contributed by atoms with Gasteiger partial charge in [-0.25, -0.2) is 13.1 Å². The molecule has 1 aliphatic rings. The number of nitrogens with one attached hydrogen (secondary N) is 2. The van der Waals surface area contributed by atoms with E-state index in [1.165, 1.54) is 31.4 Å². The summed E-state index contributed by atoms with van der Waals surface area (Å²) in [5, 5.41) is 7.31. The zero-order valence-electron chi connectivity index (χ0n) is 15.4. The Bertz CT molecular complexity index is 906. The van der Waals surface area contributed by atoms with Crippen LogP contribution < -0.4 is 10.0 Å². The number of ether oxygens (including phenoxy) is 1. The molecule has 2 aromatic rings. The Hall–Kier alpha value is -2.23. The van der Waals surface area contributed by atoms with E-state index in [4.69, 9.17) is 4.74 Å². The van der Waals surface area contributed by atoms with Gasteiger partial charge in [-0.1, -0.05) is 0 Å². The van der Waals surface area contributed by atoms with Crippen molar-refractivity contribution < 1.29 is 17.9 Å². The van der Waals surface area contributed by atoms with Gasteiger partial charge in [0.15, 0.2) is 0 Å². The molecule has 146 valence electrons. The van der Waals surface area contributed by atoms with Crippen LogP contribution in [0.4, 0.5) is 0 Å². The van der Waals surface area contributed by atoms with Gasteiger partial charge in [0.25, 0.3) is 5.91 Å². The lowest BCUT2D eigenvalue weighted by Gasteiger charge is -2.23. The van der Waals surface area contributed by atoms with Crippen molar-refractivity contribution in [3.8, 4) is 0 Å². The summed E-state index contributed by atoms with van der Waals surface area (Å²) in [5.74, 6) is -0.229. The lowest BCUT2D eigenvalue weighted by atomic mass is 9.93. The third kappa shape index (κ3) is 4.37. The Balaban J connectivity index is 1.68. The number of methoxy groups -OCH3 is 1. The second-order valence-corrected chi connectivity index (χ2v) is 8.27. The van der Waals surface area contributed by atoms with Crippen LogP contribution in [-0.2, 0) is 28.2 Å². The van der Waals surface area contributed by atoms with Crippen LogP contribution in [0.2, 0.25) is 0 Å². The van der Waals surface area contributed by atoms with Gasteiger partial charge in [-0.15, -0.1) is 0 Å². The largest absolute Gasteiger partial charge is 0.383 e. The highest BCUT2D eigenvalue weighted by molar-refractivity contribution is 7.89. The van der Waals surface area contributed by atoms with Gasteiger partial charge in [0, 0.05) is 37.5 Å². The van der Waals surface area contributed by atoms with Gasteiger partial charge in [-0.2, -0.15) is 5.10 Å². The first-order chi connectivity index (χ1) is 12.9. The van der Waals surface area contributed by atoms with E-state index in [2.05, 4.69) is 15.1 Å². The Kier molecular flexibility index (Phi) is 5.93. The summed E-state index contributed by atoms with van der Waals surface area (Å²) in [5.41, 5.74) is 2.62. The van der Waals surface area contributed by atoms with E-state index in [1.807, 2.05) is 11.7 Å². The zero-order chi connectivity index (χ0) is 19.4. The second kappa shape index (κ2) is 8.20. The Morgan fingerprint density at radius 1 is 1.33 bits per heavy atom. The van der Waals surface area contributed by atoms with Crippen LogP contribution in [0.3, 0.4) is 0 Å². The molecular formula is C18H24N4O4S. The number of aromatic nitrogens is 2. The van der Waals surface area contributed by atoms with E-state index in [0.29, 0.717) is 5.56 Å². The van der Waals surface area contributed by atoms with E-state index in [9.17, 15) is 13.2 Å². The maximum Gasteiger partial charge on any atom is 0.251 e. The Morgan fingerprint density at radius 3 is 2.78 bits per heavy atom. The van der Waals surface area contributed by atoms with E-state index in [-0.39, 0.29) is 30.0 Å². The number of sulfonamides is 1. The van der Waals surface area contributed by atoms with E-state index in [0.717, 1.165) is 30.5 Å². The van der Waals surface area contributed by atoms with E-state index >= 15 is 0 Å². The zero-order valence-corrected chi connectivity index (χ0v) is 16.3. The third-order valence-corrected chi connectivity index (χ3v) is 6.18. The molecule has 8 nitrogen and oxygen atoms in total. The molecule has 1 atom stereocenters. The van der Waals surface area contributed by atoms with Crippen LogP contribution in [-0.4, -0.2) is 44.4 Å². The second-order valence-electron chi connectivity index (χ2n) is 6.50. The van der Waals surface area contributed by atoms with Gasteiger partial charge >= 0.3 is 0 Å². The topological polar surface area (TPSA) is 102 Å². The van der Waals surface area contributed by atoms with Crippen LogP contribution in [0.1, 0.15) is 40.5 Å². The average molecular weight is 392 g/mol. The monoisotopic (exact) mass is 392 g/mol. The normalized spacial score (nSPS) is 16.7. The van der Waals surface area contributed by atoms with Crippen molar-refractivity contribution in [2.24, 2.45) is 7.05 Å². The highest BCUT2D eigenvalue weighted by atomic mass is 32.2. The Labute approximate surface area is 159 Å². The minimum atomic E-state index is -3.61. The molecule has 3 rings (SSSR count). The number of nitrogens with zero attached hydrogens (tertiary/aromatic N) is 2. The molecule has 1 aromatic carbocycles. The average Bonchev–Trinajstić information content (AvgIpc) is 3.04. The van der Waals surface area contributed by atoms with Crippen LogP contribution in [0.5, 0.6) is 0 Å². The first kappa shape index (κ1) is 19.5. The number of benzene rings is 1. The molecule has 2 N–H and O–H groups in total. The summed E-state index contributed by atoms with van der Waals surface area (Å²) in [6, 6.07) is 5.83. The van der Waals surface area contributed by atoms with Crippen LogP contribution in [0.25, 0.3) is 0 Å². The van der Waals surface area contributed by atoms with Gasteiger partial charge in [0.2, 0.25) is 10.0 Å². The van der Waals surface area contributed by atoms with Gasteiger partial charge in [-0.3, -0.25) is 9.48 Å². The number of fused-ring (bicyclic) bond motifs is 1. The highest BCUT2D eigenvalue weighted by Gasteiger charge is 2.25. The van der Waals surface area contributed by atoms with Gasteiger partial charge in [0.1, 0.15) is 0 Å². The van der Waals surface area contributed by atoms with E-state index < -0.39 is 10.0 Å². The number of carbonyl (C=O) groups is 1. The lowest BCUT2D eigenvalue weighted by Crippen LogP contribution is -2.31. The van der Waals surface area contributed by atoms with Crippen molar-refractivity contribution in [1.82, 2.24) is 19.8 Å². The summed E-state index contributed by atoms with van der Waals surface area (Å²) in [4.78, 5) is 12.7. The number of hydrogen-bond donors (Lipinski definition) is 2. The fraction of sp³-hybridized carbons (Fsp3) is 0.444. The molecule has 0 saturated carbocycles. The molecule has 9 heteroatoms. The minimum absolute atomic E-state index is 0.0749. The summed E-state index contributed by atoms with van der Waals surface area (Å²) in [6.45, 7) is 0.480. The number of amides is 1. The van der Waals surface area contributed by atoms with Crippen molar-refractivity contribution in [3.05, 3.63) is 47.3 Å². The van der Waals surface area contributed by atoms with Gasteiger partial charge in [0.05, 0.1) is 23.7 Å². The third-order valence-electron chi connectivity index (χ3n) is 4.71. The smallest absolute Gasteiger partial charge is 0.251 e. The molecule has 0 fully saturated rings. The van der Waals surface area contributed by atoms with Crippen LogP contribution in [0, 0.1) is 0 Å². The molecule has 1 aliphatic carbocycles. The van der Waals surface area contributed by atoms with Crippen LogP contribution in [0.15, 0.2) is 35.4 Å². The molecule has 0 bridgehead atoms.